The van der Waals surface area contributed by atoms with Crippen LogP contribution in [0.3, 0.4) is 0 Å². The summed E-state index contributed by atoms with van der Waals surface area (Å²) in [6.45, 7) is 1.82. The molecule has 2 heterocycles. The Morgan fingerprint density at radius 3 is 2.79 bits per heavy atom. The van der Waals surface area contributed by atoms with Crippen molar-refractivity contribution in [3.8, 4) is 11.5 Å². The highest BCUT2D eigenvalue weighted by Gasteiger charge is 2.32. The van der Waals surface area contributed by atoms with Crippen LogP contribution in [-0.2, 0) is 6.54 Å². The molecular weight excluding hydrogens is 306 g/mol. The van der Waals surface area contributed by atoms with E-state index in [1.165, 1.54) is 18.4 Å². The number of methoxy groups -OCH3 is 2. The van der Waals surface area contributed by atoms with Crippen LogP contribution in [0, 0.1) is 0 Å². The maximum absolute atomic E-state index is 5.58. The number of rotatable bonds is 6. The predicted molar refractivity (Wildman–Crippen MR) is 88.0 cm³/mol. The number of benzene rings is 1. The lowest BCUT2D eigenvalue weighted by Crippen LogP contribution is -2.25. The third-order valence-corrected chi connectivity index (χ3v) is 4.96. The zero-order valence-electron chi connectivity index (χ0n) is 14.2. The molecule has 1 aromatic heterocycles. The fourth-order valence-corrected chi connectivity index (χ4v) is 3.57. The van der Waals surface area contributed by atoms with Gasteiger partial charge in [0.05, 0.1) is 26.8 Å². The Morgan fingerprint density at radius 1 is 1.17 bits per heavy atom. The van der Waals surface area contributed by atoms with Gasteiger partial charge in [-0.1, -0.05) is 0 Å². The second-order valence-electron chi connectivity index (χ2n) is 6.51. The Kier molecular flexibility index (Phi) is 4.10. The molecule has 1 saturated carbocycles. The second kappa shape index (κ2) is 6.39. The van der Waals surface area contributed by atoms with Gasteiger partial charge in [-0.3, -0.25) is 4.90 Å². The SMILES string of the molecule is COc1ccc(OC)c([C@@H]2CCCN2Cc2nnnn2C2CC2)c1. The van der Waals surface area contributed by atoms with Crippen molar-refractivity contribution in [1.29, 1.82) is 0 Å². The molecule has 0 spiro atoms. The molecule has 1 aromatic carbocycles. The molecule has 1 saturated heterocycles. The molecule has 1 aliphatic heterocycles. The van der Waals surface area contributed by atoms with Crippen LogP contribution < -0.4 is 9.47 Å². The standard InChI is InChI=1S/C17H23N5O2/c1-23-13-7-8-16(24-2)14(10-13)15-4-3-9-21(15)11-17-18-19-20-22(17)12-5-6-12/h7-8,10,12,15H,3-6,9,11H2,1-2H3/t15-/m0/s1. The van der Waals surface area contributed by atoms with Gasteiger partial charge in [-0.15, -0.1) is 5.10 Å². The van der Waals surface area contributed by atoms with E-state index in [0.717, 1.165) is 43.3 Å². The van der Waals surface area contributed by atoms with Gasteiger partial charge in [0.15, 0.2) is 5.82 Å². The van der Waals surface area contributed by atoms with E-state index in [2.05, 4.69) is 26.5 Å². The quantitative estimate of drug-likeness (QED) is 0.810. The number of aromatic nitrogens is 4. The van der Waals surface area contributed by atoms with Gasteiger partial charge in [0, 0.05) is 11.6 Å². The maximum atomic E-state index is 5.58. The molecule has 2 fully saturated rings. The Morgan fingerprint density at radius 2 is 2.04 bits per heavy atom. The molecule has 24 heavy (non-hydrogen) atoms. The van der Waals surface area contributed by atoms with Crippen LogP contribution in [0.5, 0.6) is 11.5 Å². The average Bonchev–Trinajstić information content (AvgIpc) is 3.18. The Hall–Kier alpha value is -2.15. The van der Waals surface area contributed by atoms with Crippen molar-refractivity contribution < 1.29 is 9.47 Å². The highest BCUT2D eigenvalue weighted by molar-refractivity contribution is 5.42. The first-order valence-corrected chi connectivity index (χ1v) is 8.53. The third-order valence-electron chi connectivity index (χ3n) is 4.96. The monoisotopic (exact) mass is 329 g/mol. The van der Waals surface area contributed by atoms with E-state index in [0.29, 0.717) is 12.1 Å². The average molecular weight is 329 g/mol. The van der Waals surface area contributed by atoms with Crippen LogP contribution in [0.15, 0.2) is 18.2 Å². The van der Waals surface area contributed by atoms with Crippen LogP contribution in [0.2, 0.25) is 0 Å². The topological polar surface area (TPSA) is 65.3 Å². The van der Waals surface area contributed by atoms with Gasteiger partial charge in [0.2, 0.25) is 0 Å². The first-order chi connectivity index (χ1) is 11.8. The zero-order chi connectivity index (χ0) is 16.5. The van der Waals surface area contributed by atoms with Gasteiger partial charge in [-0.2, -0.15) is 0 Å². The molecule has 128 valence electrons. The molecule has 2 aromatic rings. The number of nitrogens with zero attached hydrogens (tertiary/aromatic N) is 5. The first kappa shape index (κ1) is 15.4. The summed E-state index contributed by atoms with van der Waals surface area (Å²) in [5.41, 5.74) is 1.18. The summed E-state index contributed by atoms with van der Waals surface area (Å²) >= 11 is 0. The Bertz CT molecular complexity index is 713. The summed E-state index contributed by atoms with van der Waals surface area (Å²) in [6, 6.07) is 6.82. The van der Waals surface area contributed by atoms with Gasteiger partial charge >= 0.3 is 0 Å². The summed E-state index contributed by atoms with van der Waals surface area (Å²) in [7, 11) is 3.42. The lowest BCUT2D eigenvalue weighted by atomic mass is 10.0. The fraction of sp³-hybridized carbons (Fsp3) is 0.588. The van der Waals surface area contributed by atoms with Crippen molar-refractivity contribution >= 4 is 0 Å². The molecule has 1 aliphatic carbocycles. The predicted octanol–water partition coefficient (Wildman–Crippen LogP) is 2.36. The summed E-state index contributed by atoms with van der Waals surface area (Å²) in [5.74, 6) is 2.74. The number of hydrogen-bond donors (Lipinski definition) is 0. The van der Waals surface area contributed by atoms with Gasteiger partial charge < -0.3 is 9.47 Å². The minimum absolute atomic E-state index is 0.305. The number of hydrogen-bond acceptors (Lipinski definition) is 6. The lowest BCUT2D eigenvalue weighted by molar-refractivity contribution is 0.232. The largest absolute Gasteiger partial charge is 0.497 e. The molecule has 0 N–H and O–H groups in total. The van der Waals surface area contributed by atoms with Crippen LogP contribution in [0.4, 0.5) is 0 Å². The summed E-state index contributed by atoms with van der Waals surface area (Å²) < 4.78 is 13.0. The van der Waals surface area contributed by atoms with Gasteiger partial charge in [-0.05, 0) is 60.9 Å². The van der Waals surface area contributed by atoms with E-state index in [1.54, 1.807) is 14.2 Å². The lowest BCUT2D eigenvalue weighted by Gasteiger charge is -2.26. The molecule has 0 unspecified atom stereocenters. The van der Waals surface area contributed by atoms with E-state index < -0.39 is 0 Å². The maximum Gasteiger partial charge on any atom is 0.165 e. The van der Waals surface area contributed by atoms with E-state index >= 15 is 0 Å². The van der Waals surface area contributed by atoms with Crippen LogP contribution in [-0.4, -0.2) is 45.9 Å². The van der Waals surface area contributed by atoms with Crippen LogP contribution >= 0.6 is 0 Å². The minimum Gasteiger partial charge on any atom is -0.497 e. The van der Waals surface area contributed by atoms with Crippen molar-refractivity contribution in [1.82, 2.24) is 25.1 Å². The molecule has 7 heteroatoms. The van der Waals surface area contributed by atoms with Crippen molar-refractivity contribution in [3.05, 3.63) is 29.6 Å². The highest BCUT2D eigenvalue weighted by atomic mass is 16.5. The van der Waals surface area contributed by atoms with Gasteiger partial charge in [0.25, 0.3) is 0 Å². The number of ether oxygens (including phenoxy) is 2. The fourth-order valence-electron chi connectivity index (χ4n) is 3.57. The van der Waals surface area contributed by atoms with E-state index in [4.69, 9.17) is 9.47 Å². The Balaban J connectivity index is 1.59. The number of likely N-dealkylation sites (tertiary alicyclic amines) is 1. The first-order valence-electron chi connectivity index (χ1n) is 8.53. The number of tetrazole rings is 1. The summed E-state index contributed by atoms with van der Waals surface area (Å²) in [5, 5.41) is 12.3. The molecule has 4 rings (SSSR count). The van der Waals surface area contributed by atoms with Gasteiger partial charge in [0.1, 0.15) is 11.5 Å². The third kappa shape index (κ3) is 2.84. The smallest absolute Gasteiger partial charge is 0.165 e. The van der Waals surface area contributed by atoms with Crippen molar-refractivity contribution in [2.24, 2.45) is 0 Å². The van der Waals surface area contributed by atoms with Crippen LogP contribution in [0.1, 0.15) is 49.2 Å². The molecule has 2 aliphatic rings. The molecular formula is C17H23N5O2. The van der Waals surface area contributed by atoms with Crippen LogP contribution in [0.25, 0.3) is 0 Å². The zero-order valence-corrected chi connectivity index (χ0v) is 14.2. The normalized spacial score (nSPS) is 21.2. The van der Waals surface area contributed by atoms with Gasteiger partial charge in [-0.25, -0.2) is 4.68 Å². The van der Waals surface area contributed by atoms with Crippen molar-refractivity contribution in [2.75, 3.05) is 20.8 Å². The summed E-state index contributed by atoms with van der Waals surface area (Å²) in [6.07, 6.45) is 4.64. The second-order valence-corrected chi connectivity index (χ2v) is 6.51. The summed E-state index contributed by atoms with van der Waals surface area (Å²) in [4.78, 5) is 2.45. The molecule has 7 nitrogen and oxygen atoms in total. The van der Waals surface area contributed by atoms with Crippen molar-refractivity contribution in [3.63, 3.8) is 0 Å². The molecule has 1 atom stereocenters. The van der Waals surface area contributed by atoms with Crippen molar-refractivity contribution in [2.45, 2.75) is 44.3 Å². The Labute approximate surface area is 141 Å². The van der Waals surface area contributed by atoms with E-state index in [9.17, 15) is 0 Å². The molecule has 0 bridgehead atoms. The highest BCUT2D eigenvalue weighted by Crippen LogP contribution is 2.40. The molecule has 0 amide bonds. The molecule has 0 radical (unpaired) electrons. The van der Waals surface area contributed by atoms with E-state index in [-0.39, 0.29) is 0 Å². The minimum atomic E-state index is 0.305. The van der Waals surface area contributed by atoms with E-state index in [1.807, 2.05) is 16.8 Å².